The summed E-state index contributed by atoms with van der Waals surface area (Å²) in [6.45, 7) is 5.97. The fourth-order valence-corrected chi connectivity index (χ4v) is 4.63. The lowest BCUT2D eigenvalue weighted by Crippen LogP contribution is -2.40. The number of hydrogen-bond acceptors (Lipinski definition) is 7. The number of nitrogens with two attached hydrogens (primary N) is 1. The van der Waals surface area contributed by atoms with Crippen LogP contribution in [0, 0.1) is 5.82 Å². The first-order valence-electron chi connectivity index (χ1n) is 11.4. The lowest BCUT2D eigenvalue weighted by molar-refractivity contribution is 0.0508. The Morgan fingerprint density at radius 3 is 2.72 bits per heavy atom. The molecule has 0 spiro atoms. The van der Waals surface area contributed by atoms with Crippen molar-refractivity contribution in [2.24, 2.45) is 0 Å². The molecule has 3 aromatic rings. The van der Waals surface area contributed by atoms with Gasteiger partial charge in [0.15, 0.2) is 17.3 Å². The number of nitrogens with one attached hydrogen (secondary N) is 1. The Balaban J connectivity index is 1.62. The van der Waals surface area contributed by atoms with Gasteiger partial charge in [-0.15, -0.1) is 0 Å². The fourth-order valence-electron chi connectivity index (χ4n) is 4.63. The van der Waals surface area contributed by atoms with E-state index >= 15 is 4.39 Å². The average molecular weight is 496 g/mol. The van der Waals surface area contributed by atoms with Gasteiger partial charge in [0.1, 0.15) is 22.4 Å². The van der Waals surface area contributed by atoms with E-state index in [1.807, 2.05) is 0 Å². The van der Waals surface area contributed by atoms with Crippen molar-refractivity contribution in [2.75, 3.05) is 23.7 Å². The molecule has 2 aliphatic rings. The Hall–Kier alpha value is -4.28. The maximum Gasteiger partial charge on any atom is 0.407 e. The molecule has 1 aromatic heterocycles. The van der Waals surface area contributed by atoms with Crippen LogP contribution in [-0.4, -0.2) is 46.5 Å². The molecule has 0 radical (unpaired) electrons. The summed E-state index contributed by atoms with van der Waals surface area (Å²) in [6.07, 6.45) is 1.18. The normalized spacial score (nSPS) is 16.4. The third-order valence-corrected chi connectivity index (χ3v) is 6.08. The highest BCUT2D eigenvalue weighted by Gasteiger charge is 2.34. The molecule has 2 aliphatic heterocycles. The lowest BCUT2D eigenvalue weighted by atomic mass is 10.1. The van der Waals surface area contributed by atoms with Gasteiger partial charge in [0.05, 0.1) is 17.1 Å². The molecule has 11 heteroatoms. The number of aromatic carboxylic acids is 1. The second-order valence-electron chi connectivity index (χ2n) is 9.89. The highest BCUT2D eigenvalue weighted by molar-refractivity contribution is 5.99. The van der Waals surface area contributed by atoms with Crippen LogP contribution in [0.25, 0.3) is 16.6 Å². The number of carboxylic acid groups (broad SMARTS) is 1. The number of nitrogens with zero attached hydrogens (tertiary/aromatic N) is 2. The van der Waals surface area contributed by atoms with Crippen LogP contribution in [0.5, 0.6) is 11.5 Å². The van der Waals surface area contributed by atoms with Crippen LogP contribution in [0.4, 0.5) is 20.6 Å². The maximum atomic E-state index is 15.6. The monoisotopic (exact) mass is 496 g/mol. The summed E-state index contributed by atoms with van der Waals surface area (Å²) in [5.74, 6) is -1.79. The molecule has 1 saturated heterocycles. The van der Waals surface area contributed by atoms with Gasteiger partial charge >= 0.3 is 12.1 Å². The molecule has 188 valence electrons. The smallest absolute Gasteiger partial charge is 0.407 e. The molecule has 2 aromatic carbocycles. The molecule has 1 amide bonds. The molecule has 10 nitrogen and oxygen atoms in total. The van der Waals surface area contributed by atoms with E-state index in [1.165, 1.54) is 10.8 Å². The van der Waals surface area contributed by atoms with Gasteiger partial charge in [-0.2, -0.15) is 0 Å². The second kappa shape index (κ2) is 8.14. The minimum Gasteiger partial charge on any atom is -0.477 e. The van der Waals surface area contributed by atoms with Gasteiger partial charge in [-0.1, -0.05) is 0 Å². The summed E-state index contributed by atoms with van der Waals surface area (Å²) >= 11 is 0. The van der Waals surface area contributed by atoms with Crippen molar-refractivity contribution >= 4 is 34.3 Å². The van der Waals surface area contributed by atoms with Crippen molar-refractivity contribution < 1.29 is 28.6 Å². The zero-order chi connectivity index (χ0) is 25.9. The van der Waals surface area contributed by atoms with Crippen LogP contribution in [0.2, 0.25) is 0 Å². The number of ether oxygens (including phenoxy) is 2. The van der Waals surface area contributed by atoms with Gasteiger partial charge in [0, 0.05) is 31.0 Å². The molecule has 3 heterocycles. The van der Waals surface area contributed by atoms with Crippen molar-refractivity contribution in [2.45, 2.75) is 38.8 Å². The predicted octanol–water partition coefficient (Wildman–Crippen LogP) is 3.62. The van der Waals surface area contributed by atoms with Gasteiger partial charge in [-0.25, -0.2) is 14.0 Å². The first-order chi connectivity index (χ1) is 16.9. The molecule has 1 atom stereocenters. The Kier molecular flexibility index (Phi) is 5.31. The number of anilines is 2. The van der Waals surface area contributed by atoms with E-state index in [4.69, 9.17) is 15.2 Å². The number of fused-ring (bicyclic) bond motifs is 2. The van der Waals surface area contributed by atoms with Gasteiger partial charge in [-0.05, 0) is 45.4 Å². The first-order valence-corrected chi connectivity index (χ1v) is 11.4. The largest absolute Gasteiger partial charge is 0.477 e. The minimum atomic E-state index is -1.42. The number of pyridine rings is 1. The van der Waals surface area contributed by atoms with Crippen molar-refractivity contribution in [1.82, 2.24) is 9.88 Å². The van der Waals surface area contributed by atoms with E-state index in [0.29, 0.717) is 30.1 Å². The topological polar surface area (TPSA) is 136 Å². The molecular formula is C25H25FN4O6. The highest BCUT2D eigenvalue weighted by Crippen LogP contribution is 2.47. The predicted molar refractivity (Wildman–Crippen MR) is 131 cm³/mol. The standard InChI is InChI=1S/C25H25FN4O6/c1-25(2,3)36-24(34)28-13-6-7-29(10-13)20-16(26)9-14-19-22(20)35-18-8-12(27)4-5-17(18)30(19)11-15(21(14)31)23(32)33/h4-5,8-9,11,13H,6-7,10,27H2,1-3H3,(H,28,34)(H,32,33). The van der Waals surface area contributed by atoms with Crippen LogP contribution in [0.3, 0.4) is 0 Å². The number of aromatic nitrogens is 1. The summed E-state index contributed by atoms with van der Waals surface area (Å²) in [4.78, 5) is 38.7. The van der Waals surface area contributed by atoms with Crippen LogP contribution in [0.1, 0.15) is 37.6 Å². The molecular weight excluding hydrogens is 471 g/mol. The van der Waals surface area contributed by atoms with E-state index in [0.717, 1.165) is 6.07 Å². The van der Waals surface area contributed by atoms with Crippen molar-refractivity contribution in [3.63, 3.8) is 0 Å². The maximum absolute atomic E-state index is 15.6. The summed E-state index contributed by atoms with van der Waals surface area (Å²) in [5, 5.41) is 12.3. The number of halogens is 1. The molecule has 4 N–H and O–H groups in total. The summed E-state index contributed by atoms with van der Waals surface area (Å²) < 4.78 is 28.5. The van der Waals surface area contributed by atoms with Gasteiger partial charge in [-0.3, -0.25) is 4.79 Å². The number of nitrogen functional groups attached to an aromatic ring is 1. The third kappa shape index (κ3) is 3.96. The zero-order valence-corrected chi connectivity index (χ0v) is 19.9. The molecule has 1 fully saturated rings. The number of carbonyl (C=O) groups excluding carboxylic acids is 1. The molecule has 1 unspecified atom stereocenters. The highest BCUT2D eigenvalue weighted by atomic mass is 19.1. The van der Waals surface area contributed by atoms with Crippen molar-refractivity contribution in [1.29, 1.82) is 0 Å². The molecule has 0 bridgehead atoms. The van der Waals surface area contributed by atoms with Crippen LogP contribution in [-0.2, 0) is 4.74 Å². The van der Waals surface area contributed by atoms with Crippen molar-refractivity contribution in [3.8, 4) is 17.2 Å². The quantitative estimate of drug-likeness (QED) is 0.366. The van der Waals surface area contributed by atoms with Crippen LogP contribution in [0.15, 0.2) is 35.3 Å². The fraction of sp³-hybridized carbons (Fsp3) is 0.320. The number of carbonyl (C=O) groups is 2. The molecule has 36 heavy (non-hydrogen) atoms. The molecule has 5 rings (SSSR count). The average Bonchev–Trinajstić information content (AvgIpc) is 3.21. The van der Waals surface area contributed by atoms with Gasteiger partial charge in [0.2, 0.25) is 5.43 Å². The van der Waals surface area contributed by atoms with Gasteiger partial charge in [0.25, 0.3) is 0 Å². The Morgan fingerprint density at radius 1 is 1.28 bits per heavy atom. The van der Waals surface area contributed by atoms with Crippen LogP contribution >= 0.6 is 0 Å². The Morgan fingerprint density at radius 2 is 2.03 bits per heavy atom. The number of rotatable bonds is 3. The number of benzene rings is 2. The van der Waals surface area contributed by atoms with E-state index in [1.54, 1.807) is 43.9 Å². The number of hydrogen-bond donors (Lipinski definition) is 3. The number of alkyl carbamates (subject to hydrolysis) is 1. The summed E-state index contributed by atoms with van der Waals surface area (Å²) in [6, 6.07) is 5.55. The summed E-state index contributed by atoms with van der Waals surface area (Å²) in [7, 11) is 0. The van der Waals surface area contributed by atoms with Gasteiger partial charge < -0.3 is 35.1 Å². The first kappa shape index (κ1) is 23.5. The van der Waals surface area contributed by atoms with E-state index in [-0.39, 0.29) is 34.9 Å². The third-order valence-electron chi connectivity index (χ3n) is 6.08. The number of carboxylic acids is 1. The van der Waals surface area contributed by atoms with Crippen LogP contribution < -0.4 is 26.1 Å². The summed E-state index contributed by atoms with van der Waals surface area (Å²) in [5.41, 5.74) is 5.20. The second-order valence-corrected chi connectivity index (χ2v) is 9.89. The molecule has 0 aliphatic carbocycles. The van der Waals surface area contributed by atoms with E-state index < -0.39 is 34.5 Å². The minimum absolute atomic E-state index is 0.0788. The molecule has 0 saturated carbocycles. The zero-order valence-electron chi connectivity index (χ0n) is 19.9. The Bertz CT molecular complexity index is 1490. The number of amides is 1. The van der Waals surface area contributed by atoms with E-state index in [9.17, 15) is 19.5 Å². The van der Waals surface area contributed by atoms with Crippen molar-refractivity contribution in [3.05, 3.63) is 52.1 Å². The SMILES string of the molecule is CC(C)(C)OC(=O)NC1CCN(c2c(F)cc3c(=O)c(C(=O)O)cn4c3c2Oc2cc(N)ccc2-4)C1. The Labute approximate surface area is 205 Å². The lowest BCUT2D eigenvalue weighted by Gasteiger charge is -2.29. The van der Waals surface area contributed by atoms with E-state index in [2.05, 4.69) is 5.32 Å².